The number of benzene rings is 2. The van der Waals surface area contributed by atoms with Gasteiger partial charge in [0.1, 0.15) is 48.3 Å². The lowest BCUT2D eigenvalue weighted by Crippen LogP contribution is -2.61. The molecule has 0 radical (unpaired) electrons. The summed E-state index contributed by atoms with van der Waals surface area (Å²) in [6, 6.07) is 4.62. The van der Waals surface area contributed by atoms with E-state index in [9.17, 15) is 53.1 Å². The maximum Gasteiger partial charge on any atom is 0.246 e. The first-order valence-corrected chi connectivity index (χ1v) is 25.3. The molecule has 2 fully saturated rings. The van der Waals surface area contributed by atoms with E-state index in [4.69, 9.17) is 11.1 Å². The highest BCUT2D eigenvalue weighted by molar-refractivity contribution is 6.00. The maximum atomic E-state index is 14.9. The quantitative estimate of drug-likeness (QED) is 0.0304. The number of ketones is 1. The van der Waals surface area contributed by atoms with Gasteiger partial charge in [0.25, 0.3) is 0 Å². The second-order valence-corrected chi connectivity index (χ2v) is 18.9. The second kappa shape index (κ2) is 27.7. The number of nitrogens with zero attached hydrogens (tertiary/aromatic N) is 2. The number of rotatable bonds is 16. The van der Waals surface area contributed by atoms with Gasteiger partial charge in [-0.05, 0) is 56.2 Å². The zero-order valence-corrected chi connectivity index (χ0v) is 42.7. The summed E-state index contributed by atoms with van der Waals surface area (Å²) >= 11 is 0. The van der Waals surface area contributed by atoms with Crippen LogP contribution in [0.2, 0.25) is 0 Å². The molecule has 0 saturated carbocycles. The summed E-state index contributed by atoms with van der Waals surface area (Å²) in [6.07, 6.45) is 3.54. The number of hydrogen-bond acceptors (Lipinski definition) is 13. The molecule has 0 spiro atoms. The molecule has 26 nitrogen and oxygen atoms in total. The van der Waals surface area contributed by atoms with Gasteiger partial charge in [0.05, 0.1) is 25.0 Å². The minimum atomic E-state index is -1.70. The zero-order valence-electron chi connectivity index (χ0n) is 42.7. The van der Waals surface area contributed by atoms with Gasteiger partial charge in [-0.2, -0.15) is 0 Å². The van der Waals surface area contributed by atoms with Crippen LogP contribution < -0.4 is 53.6 Å². The van der Waals surface area contributed by atoms with Crippen molar-refractivity contribution in [1.82, 2.24) is 67.7 Å². The predicted molar refractivity (Wildman–Crippen MR) is 278 cm³/mol. The average Bonchev–Trinajstić information content (AvgIpc) is 4.20. The Hall–Kier alpha value is -8.68. The van der Waals surface area contributed by atoms with Crippen molar-refractivity contribution in [2.75, 3.05) is 26.2 Å². The third-order valence-electron chi connectivity index (χ3n) is 13.1. The number of amides is 9. The van der Waals surface area contributed by atoms with Crippen molar-refractivity contribution in [1.29, 1.82) is 5.41 Å². The van der Waals surface area contributed by atoms with Gasteiger partial charge in [0, 0.05) is 69.1 Å². The fourth-order valence-corrected chi connectivity index (χ4v) is 9.14. The molecule has 2 aliphatic heterocycles. The Morgan fingerprint density at radius 2 is 1.45 bits per heavy atom. The van der Waals surface area contributed by atoms with Gasteiger partial charge in [-0.15, -0.1) is 0 Å². The van der Waals surface area contributed by atoms with Crippen LogP contribution in [-0.4, -0.2) is 164 Å². The highest BCUT2D eigenvalue weighted by atomic mass is 16.3. The van der Waals surface area contributed by atoms with Crippen LogP contribution in [0.15, 0.2) is 73.3 Å². The lowest BCUT2D eigenvalue weighted by atomic mass is 10.0. The number of aromatic amines is 2. The number of aliphatic hydroxyl groups excluding tert-OH is 1. The Labute approximate surface area is 442 Å². The average molecular weight is 1070 g/mol. The Morgan fingerprint density at radius 3 is 2.13 bits per heavy atom. The van der Waals surface area contributed by atoms with E-state index >= 15 is 0 Å². The number of nitrogens with one attached hydrogen (secondary N) is 12. The monoisotopic (exact) mass is 1070 g/mol. The SMILES string of the molecule is CC(=O)N[C@H]1CCNC(=O)C[C@@H](C(=O)N2CCC[C@H]2C(=O)N[C@@H](CO)C(C)=O)NC(=O)[C@H](Cc2c[nH]c3ccccc23)NC(=O)[C@H](CCCNC(=N)N)NC(=O)[C@@H](Cc2ccccc2)NC(=O)[C@H](Cc2c[nH]cn2)NC1=O. The highest BCUT2D eigenvalue weighted by Gasteiger charge is 2.41. The summed E-state index contributed by atoms with van der Waals surface area (Å²) in [5.41, 5.74) is 7.76. The smallest absolute Gasteiger partial charge is 0.246 e. The van der Waals surface area contributed by atoms with E-state index in [1.807, 2.05) is 0 Å². The number of imidazole rings is 1. The first kappa shape index (κ1) is 57.6. The fourth-order valence-electron chi connectivity index (χ4n) is 9.14. The number of aromatic nitrogens is 3. The number of fused-ring (bicyclic) bond motifs is 1. The number of nitrogens with two attached hydrogens (primary N) is 1. The van der Waals surface area contributed by atoms with Crippen LogP contribution in [0, 0.1) is 5.41 Å². The van der Waals surface area contributed by atoms with Crippen molar-refractivity contribution in [3.05, 3.63) is 90.1 Å². The normalized spacial score (nSPS) is 22.6. The number of carbonyl (C=O) groups excluding carboxylic acids is 10. The van der Waals surface area contributed by atoms with Crippen LogP contribution in [0.5, 0.6) is 0 Å². The maximum absolute atomic E-state index is 14.9. The molecule has 2 aromatic carbocycles. The van der Waals surface area contributed by atoms with Crippen LogP contribution in [0.4, 0.5) is 0 Å². The van der Waals surface area contributed by atoms with Gasteiger partial charge in [-0.1, -0.05) is 48.5 Å². The van der Waals surface area contributed by atoms with Gasteiger partial charge in [-0.25, -0.2) is 4.98 Å². The Bertz CT molecular complexity index is 2770. The number of likely N-dealkylation sites (tertiary alicyclic amines) is 1. The van der Waals surface area contributed by atoms with Crippen LogP contribution >= 0.6 is 0 Å². The van der Waals surface area contributed by atoms with Crippen molar-refractivity contribution >= 4 is 75.8 Å². The molecule has 0 bridgehead atoms. The Morgan fingerprint density at radius 1 is 0.805 bits per heavy atom. The molecule has 2 saturated heterocycles. The first-order chi connectivity index (χ1) is 36.9. The molecular weight excluding hydrogens is 999 g/mol. The number of Topliss-reactive ketones (excluding diaryl/α,β-unsaturated/α-hetero) is 1. The molecule has 77 heavy (non-hydrogen) atoms. The number of hydrogen-bond donors (Lipinski definition) is 14. The van der Waals surface area contributed by atoms with E-state index in [2.05, 4.69) is 62.8 Å². The van der Waals surface area contributed by atoms with Gasteiger partial charge in [0.15, 0.2) is 11.7 Å². The standard InChI is InChI=1S/C51H67N15O11/c1-28(68)41(26-67)65-49(76)42-15-9-19-66(42)50(77)40-23-43(70)55-18-16-36(59-29(2)69)45(72)63-39(22-32-25-54-27-58-32)48(75)61-37(20-30-10-4-3-5-11-30)46(73)60-35(14-8-17-56-51(52)53)44(71)62-38(47(74)64-40)21-31-24-57-34-13-7-6-12-33(31)34/h3-7,10-13,24-25,27,35-42,57,67H,8-9,14-23,26H2,1-2H3,(H,54,58)(H,55,70)(H,59,69)(H,60,73)(H,61,75)(H,62,71)(H,63,72)(H,64,74)(H,65,76)(H4,52,53,56)/t35-,36-,37+,38-,39-,40-,41-,42-/m0/s1. The number of carbonyl (C=O) groups is 10. The summed E-state index contributed by atoms with van der Waals surface area (Å²) in [7, 11) is 0. The molecule has 4 aromatic rings. The Balaban J connectivity index is 1.42. The molecule has 2 aliphatic rings. The van der Waals surface area contributed by atoms with Crippen LogP contribution in [0.3, 0.4) is 0 Å². The topological polar surface area (TPSA) is 397 Å². The molecule has 9 amide bonds. The van der Waals surface area contributed by atoms with Crippen molar-refractivity contribution in [2.45, 2.75) is 120 Å². The first-order valence-electron chi connectivity index (χ1n) is 25.3. The predicted octanol–water partition coefficient (Wildman–Crippen LogP) is -2.92. The fraction of sp³-hybridized carbons (Fsp3) is 0.451. The van der Waals surface area contributed by atoms with E-state index in [0.717, 1.165) is 4.90 Å². The van der Waals surface area contributed by atoms with Crippen molar-refractivity contribution in [3.63, 3.8) is 0 Å². The minimum absolute atomic E-state index is 0.00140. The van der Waals surface area contributed by atoms with Gasteiger partial charge in [-0.3, -0.25) is 53.4 Å². The third-order valence-corrected chi connectivity index (χ3v) is 13.1. The van der Waals surface area contributed by atoms with Crippen LogP contribution in [0.1, 0.15) is 69.2 Å². The molecule has 4 heterocycles. The summed E-state index contributed by atoms with van der Waals surface area (Å²) in [6.45, 7) is 1.44. The van der Waals surface area contributed by atoms with E-state index in [1.165, 1.54) is 26.4 Å². The largest absolute Gasteiger partial charge is 0.394 e. The summed E-state index contributed by atoms with van der Waals surface area (Å²) in [5.74, 6) is -8.27. The third kappa shape index (κ3) is 16.7. The van der Waals surface area contributed by atoms with Crippen molar-refractivity contribution in [2.24, 2.45) is 5.73 Å². The second-order valence-electron chi connectivity index (χ2n) is 18.9. The van der Waals surface area contributed by atoms with Crippen molar-refractivity contribution in [3.8, 4) is 0 Å². The van der Waals surface area contributed by atoms with E-state index in [0.29, 0.717) is 34.1 Å². The molecule has 8 atom stereocenters. The van der Waals surface area contributed by atoms with E-state index in [1.54, 1.807) is 60.8 Å². The van der Waals surface area contributed by atoms with E-state index in [-0.39, 0.29) is 70.5 Å². The van der Waals surface area contributed by atoms with Crippen LogP contribution in [0.25, 0.3) is 10.9 Å². The van der Waals surface area contributed by atoms with Crippen molar-refractivity contribution < 1.29 is 53.1 Å². The lowest BCUT2D eigenvalue weighted by molar-refractivity contribution is -0.143. The molecule has 412 valence electrons. The van der Waals surface area contributed by atoms with Gasteiger partial charge >= 0.3 is 0 Å². The number of para-hydroxylation sites is 1. The summed E-state index contributed by atoms with van der Waals surface area (Å²) in [4.78, 5) is 151. The summed E-state index contributed by atoms with van der Waals surface area (Å²) < 4.78 is 0. The number of guanidine groups is 1. The molecule has 2 aromatic heterocycles. The highest BCUT2D eigenvalue weighted by Crippen LogP contribution is 2.22. The Kier molecular flexibility index (Phi) is 20.7. The molecule has 0 unspecified atom stereocenters. The summed E-state index contributed by atoms with van der Waals surface area (Å²) in [5, 5.41) is 42.0. The molecule has 26 heteroatoms. The lowest BCUT2D eigenvalue weighted by Gasteiger charge is -2.30. The zero-order chi connectivity index (χ0) is 55.6. The molecule has 0 aliphatic carbocycles. The van der Waals surface area contributed by atoms with Gasteiger partial charge < -0.3 is 73.6 Å². The minimum Gasteiger partial charge on any atom is -0.394 e. The molecular formula is C51H67N15O11. The van der Waals surface area contributed by atoms with Gasteiger partial charge in [0.2, 0.25) is 53.2 Å². The van der Waals surface area contributed by atoms with Crippen LogP contribution in [-0.2, 0) is 67.2 Å². The molecule has 15 N–H and O–H groups in total. The number of H-pyrrole nitrogens is 2. The van der Waals surface area contributed by atoms with E-state index < -0.39 is 120 Å². The molecule has 6 rings (SSSR count). The number of aliphatic hydroxyl groups is 1.